The molecule has 1 aromatic heterocycles. The molecule has 2 aromatic rings. The first-order chi connectivity index (χ1) is 10.0. The lowest BCUT2D eigenvalue weighted by atomic mass is 10.3. The summed E-state index contributed by atoms with van der Waals surface area (Å²) in [5.74, 6) is 0.951. The second-order valence-corrected chi connectivity index (χ2v) is 4.90. The van der Waals surface area contributed by atoms with Gasteiger partial charge in [-0.05, 0) is 6.07 Å². The molecule has 110 valence electrons. The summed E-state index contributed by atoms with van der Waals surface area (Å²) in [6.07, 6.45) is 1.65. The van der Waals surface area contributed by atoms with Crippen molar-refractivity contribution in [2.75, 3.05) is 12.4 Å². The molecule has 0 saturated heterocycles. The quantitative estimate of drug-likeness (QED) is 0.665. The highest BCUT2D eigenvalue weighted by atomic mass is 35.5. The van der Waals surface area contributed by atoms with Crippen LogP contribution in [0.2, 0.25) is 10.0 Å². The van der Waals surface area contributed by atoms with E-state index < -0.39 is 4.92 Å². The molecule has 21 heavy (non-hydrogen) atoms. The van der Waals surface area contributed by atoms with Gasteiger partial charge < -0.3 is 10.1 Å². The van der Waals surface area contributed by atoms with E-state index in [0.29, 0.717) is 0 Å². The number of nitro groups is 1. The lowest BCUT2D eigenvalue weighted by Crippen LogP contribution is -1.99. The van der Waals surface area contributed by atoms with Gasteiger partial charge in [0.2, 0.25) is 0 Å². The van der Waals surface area contributed by atoms with Gasteiger partial charge in [-0.1, -0.05) is 29.3 Å². The summed E-state index contributed by atoms with van der Waals surface area (Å²) in [5, 5.41) is 13.8. The van der Waals surface area contributed by atoms with E-state index in [9.17, 15) is 10.1 Å². The average molecular weight is 328 g/mol. The molecule has 0 unspecified atom stereocenters. The maximum absolute atomic E-state index is 10.7. The Morgan fingerprint density at radius 2 is 2.00 bits per heavy atom. The fourth-order valence-electron chi connectivity index (χ4n) is 1.60. The van der Waals surface area contributed by atoms with Crippen LogP contribution >= 0.6 is 23.2 Å². The Morgan fingerprint density at radius 3 is 2.48 bits per heavy atom. The highest BCUT2D eigenvalue weighted by Gasteiger charge is 2.15. The monoisotopic (exact) mass is 327 g/mol. The number of nitro benzene ring substituents is 1. The molecule has 0 aliphatic heterocycles. The summed E-state index contributed by atoms with van der Waals surface area (Å²) >= 11 is 11.9. The molecular weight excluding hydrogens is 317 g/mol. The van der Waals surface area contributed by atoms with E-state index >= 15 is 0 Å². The first-order valence-corrected chi connectivity index (χ1v) is 6.65. The normalized spacial score (nSPS) is 10.2. The second kappa shape index (κ2) is 6.60. The van der Waals surface area contributed by atoms with Crippen molar-refractivity contribution in [1.82, 2.24) is 4.98 Å². The van der Waals surface area contributed by atoms with Gasteiger partial charge in [-0.25, -0.2) is 4.98 Å². The van der Waals surface area contributed by atoms with Crippen LogP contribution in [0.3, 0.4) is 0 Å². The van der Waals surface area contributed by atoms with E-state index in [0.717, 1.165) is 11.4 Å². The van der Waals surface area contributed by atoms with Crippen LogP contribution in [0.15, 0.2) is 30.5 Å². The molecule has 1 N–H and O–H groups in total. The predicted molar refractivity (Wildman–Crippen MR) is 81.2 cm³/mol. The largest absolute Gasteiger partial charge is 0.486 e. The molecule has 0 bridgehead atoms. The molecule has 6 nitrogen and oxygen atoms in total. The Balaban J connectivity index is 2.14. The molecule has 0 atom stereocenters. The van der Waals surface area contributed by atoms with Crippen molar-refractivity contribution >= 4 is 34.7 Å². The number of non-ortho nitro benzene ring substituents is 1. The van der Waals surface area contributed by atoms with E-state index in [4.69, 9.17) is 27.9 Å². The minimum absolute atomic E-state index is 0.0917. The van der Waals surface area contributed by atoms with Crippen LogP contribution in [0.5, 0.6) is 5.75 Å². The molecule has 0 aliphatic carbocycles. The molecule has 2 rings (SSSR count). The average Bonchev–Trinajstić information content (AvgIpc) is 2.46. The van der Waals surface area contributed by atoms with Crippen molar-refractivity contribution in [2.24, 2.45) is 0 Å². The van der Waals surface area contributed by atoms with Gasteiger partial charge in [-0.2, -0.15) is 0 Å². The van der Waals surface area contributed by atoms with E-state index in [1.54, 1.807) is 19.3 Å². The summed E-state index contributed by atoms with van der Waals surface area (Å²) in [6.45, 7) is 0.203. The number of hydrogen-bond acceptors (Lipinski definition) is 5. The smallest absolute Gasteiger partial charge is 0.272 e. The van der Waals surface area contributed by atoms with E-state index in [2.05, 4.69) is 10.3 Å². The third-order valence-corrected chi connectivity index (χ3v) is 3.22. The molecule has 0 amide bonds. The summed E-state index contributed by atoms with van der Waals surface area (Å²) in [6, 6.07) is 6.04. The number of pyridine rings is 1. The Kier molecular flexibility index (Phi) is 4.82. The Bertz CT molecular complexity index is 639. The summed E-state index contributed by atoms with van der Waals surface area (Å²) in [4.78, 5) is 14.3. The number of nitrogens with zero attached hydrogens (tertiary/aromatic N) is 2. The summed E-state index contributed by atoms with van der Waals surface area (Å²) < 4.78 is 5.51. The predicted octanol–water partition coefficient (Wildman–Crippen LogP) is 3.92. The number of ether oxygens (including phenoxy) is 1. The number of benzene rings is 1. The first-order valence-electron chi connectivity index (χ1n) is 5.90. The van der Waals surface area contributed by atoms with E-state index in [1.165, 1.54) is 12.1 Å². The van der Waals surface area contributed by atoms with Crippen LogP contribution in [0.1, 0.15) is 5.56 Å². The molecular formula is C13H11Cl2N3O3. The van der Waals surface area contributed by atoms with Crippen molar-refractivity contribution in [3.05, 3.63) is 56.2 Å². The fraction of sp³-hybridized carbons (Fsp3) is 0.154. The zero-order valence-electron chi connectivity index (χ0n) is 11.0. The van der Waals surface area contributed by atoms with Crippen LogP contribution in [0.25, 0.3) is 0 Å². The Morgan fingerprint density at radius 1 is 1.33 bits per heavy atom. The molecule has 0 fully saturated rings. The highest BCUT2D eigenvalue weighted by Crippen LogP contribution is 2.37. The van der Waals surface area contributed by atoms with Crippen molar-refractivity contribution in [1.29, 1.82) is 0 Å². The SMILES string of the molecule is CNc1ccc(COc2c(Cl)cc([N+](=O)[O-])cc2Cl)cn1. The third-order valence-electron chi connectivity index (χ3n) is 2.66. The molecule has 8 heteroatoms. The van der Waals surface area contributed by atoms with Crippen molar-refractivity contribution < 1.29 is 9.66 Å². The fourth-order valence-corrected chi connectivity index (χ4v) is 2.19. The minimum atomic E-state index is -0.568. The van der Waals surface area contributed by atoms with Crippen LogP contribution in [-0.2, 0) is 6.61 Å². The van der Waals surface area contributed by atoms with Gasteiger partial charge in [-0.3, -0.25) is 10.1 Å². The standard InChI is InChI=1S/C13H11Cl2N3O3/c1-16-12-3-2-8(6-17-12)7-21-13-10(14)4-9(18(19)20)5-11(13)15/h2-6H,7H2,1H3,(H,16,17). The van der Waals surface area contributed by atoms with Gasteiger partial charge >= 0.3 is 0 Å². The minimum Gasteiger partial charge on any atom is -0.486 e. The number of hydrogen-bond donors (Lipinski definition) is 1. The van der Waals surface area contributed by atoms with Gasteiger partial charge in [0, 0.05) is 30.9 Å². The highest BCUT2D eigenvalue weighted by molar-refractivity contribution is 6.37. The molecule has 1 heterocycles. The van der Waals surface area contributed by atoms with Crippen molar-refractivity contribution in [2.45, 2.75) is 6.61 Å². The second-order valence-electron chi connectivity index (χ2n) is 4.09. The Hall–Kier alpha value is -2.05. The number of nitrogens with one attached hydrogen (secondary N) is 1. The van der Waals surface area contributed by atoms with Crippen LogP contribution in [-0.4, -0.2) is 17.0 Å². The van der Waals surface area contributed by atoms with Crippen molar-refractivity contribution in [3.63, 3.8) is 0 Å². The topological polar surface area (TPSA) is 77.3 Å². The lowest BCUT2D eigenvalue weighted by Gasteiger charge is -2.10. The molecule has 0 radical (unpaired) electrons. The lowest BCUT2D eigenvalue weighted by molar-refractivity contribution is -0.384. The van der Waals surface area contributed by atoms with Crippen LogP contribution in [0, 0.1) is 10.1 Å². The number of anilines is 1. The van der Waals surface area contributed by atoms with Gasteiger partial charge in [0.1, 0.15) is 12.4 Å². The van der Waals surface area contributed by atoms with E-state index in [1.807, 2.05) is 6.07 Å². The first kappa shape index (κ1) is 15.3. The molecule has 0 saturated carbocycles. The zero-order chi connectivity index (χ0) is 15.4. The van der Waals surface area contributed by atoms with Gasteiger partial charge in [0.15, 0.2) is 5.75 Å². The van der Waals surface area contributed by atoms with Crippen LogP contribution in [0.4, 0.5) is 11.5 Å². The Labute approximate surface area is 130 Å². The van der Waals surface area contributed by atoms with Crippen LogP contribution < -0.4 is 10.1 Å². The molecule has 0 spiro atoms. The van der Waals surface area contributed by atoms with Gasteiger partial charge in [0.25, 0.3) is 5.69 Å². The molecule has 1 aromatic carbocycles. The number of aromatic nitrogens is 1. The number of halogens is 2. The molecule has 0 aliphatic rings. The van der Waals surface area contributed by atoms with Gasteiger partial charge in [-0.15, -0.1) is 0 Å². The van der Waals surface area contributed by atoms with E-state index in [-0.39, 0.29) is 28.1 Å². The number of rotatable bonds is 5. The third kappa shape index (κ3) is 3.74. The maximum Gasteiger partial charge on any atom is 0.272 e. The van der Waals surface area contributed by atoms with Crippen molar-refractivity contribution in [3.8, 4) is 5.75 Å². The zero-order valence-corrected chi connectivity index (χ0v) is 12.5. The summed E-state index contributed by atoms with van der Waals surface area (Å²) in [7, 11) is 1.77. The summed E-state index contributed by atoms with van der Waals surface area (Å²) in [5.41, 5.74) is 0.636. The maximum atomic E-state index is 10.7. The van der Waals surface area contributed by atoms with Gasteiger partial charge in [0.05, 0.1) is 15.0 Å².